The lowest BCUT2D eigenvalue weighted by Crippen LogP contribution is -2.36. The van der Waals surface area contributed by atoms with Crippen LogP contribution in [0.25, 0.3) is 6.08 Å². The molecule has 1 fully saturated rings. The highest BCUT2D eigenvalue weighted by atomic mass is 32.2. The van der Waals surface area contributed by atoms with Gasteiger partial charge in [0.2, 0.25) is 5.91 Å². The number of hydrogen-bond acceptors (Lipinski definition) is 6. The molecule has 1 aliphatic heterocycles. The predicted octanol–water partition coefficient (Wildman–Crippen LogP) is 4.55. The van der Waals surface area contributed by atoms with E-state index in [2.05, 4.69) is 5.32 Å². The van der Waals surface area contributed by atoms with Crippen LogP contribution < -0.4 is 14.8 Å². The Kier molecular flexibility index (Phi) is 7.72. The van der Waals surface area contributed by atoms with Gasteiger partial charge in [0.25, 0.3) is 11.1 Å². The van der Waals surface area contributed by atoms with E-state index >= 15 is 0 Å². The normalized spacial score (nSPS) is 14.8. The van der Waals surface area contributed by atoms with Crippen molar-refractivity contribution in [2.24, 2.45) is 0 Å². The van der Waals surface area contributed by atoms with E-state index in [0.717, 1.165) is 23.1 Å². The molecule has 0 spiro atoms. The van der Waals surface area contributed by atoms with E-state index in [9.17, 15) is 14.4 Å². The third-order valence-electron chi connectivity index (χ3n) is 4.26. The first-order valence-electron chi connectivity index (χ1n) is 10.0. The van der Waals surface area contributed by atoms with Gasteiger partial charge in [-0.25, -0.2) is 0 Å². The number of carbonyl (C=O) groups is 3. The number of thioether (sulfide) groups is 1. The summed E-state index contributed by atoms with van der Waals surface area (Å²) in [7, 11) is 0. The van der Waals surface area contributed by atoms with Gasteiger partial charge < -0.3 is 14.8 Å². The number of nitrogens with zero attached hydrogens (tertiary/aromatic N) is 1. The SMILES string of the molecule is CCCOc1ccc(/C=C2\SC(=O)N(CC(=O)Nc3ccccc3)C2=O)cc1OCC. The molecule has 1 saturated heterocycles. The zero-order valence-corrected chi connectivity index (χ0v) is 18.2. The van der Waals surface area contributed by atoms with E-state index in [1.165, 1.54) is 0 Å². The van der Waals surface area contributed by atoms with Crippen molar-refractivity contribution in [2.45, 2.75) is 20.3 Å². The Bertz CT molecular complexity index is 991. The molecule has 0 aliphatic carbocycles. The third-order valence-corrected chi connectivity index (χ3v) is 5.17. The molecule has 2 aromatic carbocycles. The van der Waals surface area contributed by atoms with Crippen molar-refractivity contribution in [1.82, 2.24) is 4.90 Å². The Hall–Kier alpha value is -3.26. The summed E-state index contributed by atoms with van der Waals surface area (Å²) in [6.45, 7) is 4.60. The van der Waals surface area contributed by atoms with Gasteiger partial charge >= 0.3 is 0 Å². The Morgan fingerprint density at radius 3 is 2.55 bits per heavy atom. The summed E-state index contributed by atoms with van der Waals surface area (Å²) in [5, 5.41) is 2.20. The number of carbonyl (C=O) groups excluding carboxylic acids is 3. The van der Waals surface area contributed by atoms with Crippen LogP contribution in [0.2, 0.25) is 0 Å². The quantitative estimate of drug-likeness (QED) is 0.576. The van der Waals surface area contributed by atoms with Gasteiger partial charge in [-0.15, -0.1) is 0 Å². The number of ether oxygens (including phenoxy) is 2. The molecule has 1 aliphatic rings. The predicted molar refractivity (Wildman–Crippen MR) is 121 cm³/mol. The van der Waals surface area contributed by atoms with Crippen LogP contribution in [0.3, 0.4) is 0 Å². The summed E-state index contributed by atoms with van der Waals surface area (Å²) >= 11 is 0.809. The zero-order chi connectivity index (χ0) is 22.2. The van der Waals surface area contributed by atoms with Crippen molar-refractivity contribution >= 4 is 40.6 Å². The van der Waals surface area contributed by atoms with Gasteiger partial charge in [-0.1, -0.05) is 31.2 Å². The summed E-state index contributed by atoms with van der Waals surface area (Å²) in [5.41, 5.74) is 1.30. The van der Waals surface area contributed by atoms with E-state index in [0.29, 0.717) is 36.0 Å². The highest BCUT2D eigenvalue weighted by molar-refractivity contribution is 8.18. The largest absolute Gasteiger partial charge is 0.490 e. The van der Waals surface area contributed by atoms with Crippen LogP contribution in [0.4, 0.5) is 10.5 Å². The molecule has 0 saturated carbocycles. The second-order valence-corrected chi connectivity index (χ2v) is 7.66. The smallest absolute Gasteiger partial charge is 0.294 e. The van der Waals surface area contributed by atoms with Crippen LogP contribution in [-0.4, -0.2) is 41.7 Å². The van der Waals surface area contributed by atoms with Crippen molar-refractivity contribution in [3.63, 3.8) is 0 Å². The minimum atomic E-state index is -0.498. The molecule has 0 bridgehead atoms. The van der Waals surface area contributed by atoms with Crippen molar-refractivity contribution in [2.75, 3.05) is 25.1 Å². The summed E-state index contributed by atoms with van der Waals surface area (Å²) in [5.74, 6) is 0.269. The Balaban J connectivity index is 1.72. The van der Waals surface area contributed by atoms with Gasteiger partial charge in [0.05, 0.1) is 18.1 Å². The molecule has 31 heavy (non-hydrogen) atoms. The van der Waals surface area contributed by atoms with Crippen molar-refractivity contribution < 1.29 is 23.9 Å². The molecular weight excluding hydrogens is 416 g/mol. The average molecular weight is 441 g/mol. The monoisotopic (exact) mass is 440 g/mol. The van der Waals surface area contributed by atoms with Crippen LogP contribution in [0.15, 0.2) is 53.4 Å². The topological polar surface area (TPSA) is 84.9 Å². The molecule has 0 aromatic heterocycles. The van der Waals surface area contributed by atoms with Crippen molar-refractivity contribution in [3.8, 4) is 11.5 Å². The molecule has 2 aromatic rings. The van der Waals surface area contributed by atoms with Gasteiger partial charge in [-0.05, 0) is 61.0 Å². The van der Waals surface area contributed by atoms with Gasteiger partial charge in [0.1, 0.15) is 6.54 Å². The fraction of sp³-hybridized carbons (Fsp3) is 0.261. The number of benzene rings is 2. The molecular formula is C23H24N2O5S. The number of rotatable bonds is 9. The Morgan fingerprint density at radius 1 is 1.06 bits per heavy atom. The molecule has 1 N–H and O–H groups in total. The average Bonchev–Trinajstić information content (AvgIpc) is 3.01. The number of amides is 3. The lowest BCUT2D eigenvalue weighted by molar-refractivity contribution is -0.127. The van der Waals surface area contributed by atoms with Crippen LogP contribution in [0.1, 0.15) is 25.8 Å². The third kappa shape index (κ3) is 5.88. The van der Waals surface area contributed by atoms with Crippen LogP contribution in [0.5, 0.6) is 11.5 Å². The Morgan fingerprint density at radius 2 is 1.84 bits per heavy atom. The highest BCUT2D eigenvalue weighted by Gasteiger charge is 2.36. The molecule has 8 heteroatoms. The number of hydrogen-bond donors (Lipinski definition) is 1. The maximum absolute atomic E-state index is 12.7. The summed E-state index contributed by atoms with van der Waals surface area (Å²) in [4.78, 5) is 38.5. The van der Waals surface area contributed by atoms with Crippen LogP contribution in [-0.2, 0) is 9.59 Å². The maximum Gasteiger partial charge on any atom is 0.294 e. The number of para-hydroxylation sites is 1. The van der Waals surface area contributed by atoms with E-state index < -0.39 is 17.1 Å². The van der Waals surface area contributed by atoms with E-state index in [-0.39, 0.29) is 11.4 Å². The lowest BCUT2D eigenvalue weighted by atomic mass is 10.2. The summed E-state index contributed by atoms with van der Waals surface area (Å²) in [6, 6.07) is 14.2. The first-order chi connectivity index (χ1) is 15.0. The van der Waals surface area contributed by atoms with E-state index in [4.69, 9.17) is 9.47 Å². The zero-order valence-electron chi connectivity index (χ0n) is 17.4. The minimum Gasteiger partial charge on any atom is -0.490 e. The number of imide groups is 1. The minimum absolute atomic E-state index is 0.252. The van der Waals surface area contributed by atoms with Gasteiger partial charge in [-0.2, -0.15) is 0 Å². The molecule has 3 amide bonds. The van der Waals surface area contributed by atoms with Gasteiger partial charge in [0, 0.05) is 5.69 Å². The van der Waals surface area contributed by atoms with Crippen LogP contribution >= 0.6 is 11.8 Å². The highest BCUT2D eigenvalue weighted by Crippen LogP contribution is 2.34. The molecule has 0 unspecified atom stereocenters. The van der Waals surface area contributed by atoms with Gasteiger partial charge in [-0.3, -0.25) is 19.3 Å². The number of nitrogens with one attached hydrogen (secondary N) is 1. The fourth-order valence-corrected chi connectivity index (χ4v) is 3.71. The maximum atomic E-state index is 12.7. The molecule has 1 heterocycles. The summed E-state index contributed by atoms with van der Waals surface area (Å²) < 4.78 is 11.3. The molecule has 0 radical (unpaired) electrons. The second kappa shape index (κ2) is 10.7. The lowest BCUT2D eigenvalue weighted by Gasteiger charge is -2.13. The molecule has 3 rings (SSSR count). The van der Waals surface area contributed by atoms with Crippen molar-refractivity contribution in [1.29, 1.82) is 0 Å². The van der Waals surface area contributed by atoms with Crippen LogP contribution in [0, 0.1) is 0 Å². The molecule has 7 nitrogen and oxygen atoms in total. The first-order valence-corrected chi connectivity index (χ1v) is 10.8. The van der Waals surface area contributed by atoms with Crippen molar-refractivity contribution in [3.05, 3.63) is 59.0 Å². The van der Waals surface area contributed by atoms with E-state index in [1.54, 1.807) is 48.5 Å². The standard InChI is InChI=1S/C23H24N2O5S/c1-3-12-30-18-11-10-16(13-19(18)29-4-2)14-20-22(27)25(23(28)31-20)15-21(26)24-17-8-6-5-7-9-17/h5-11,13-14H,3-4,12,15H2,1-2H3,(H,24,26)/b20-14-. The second-order valence-electron chi connectivity index (χ2n) is 6.67. The van der Waals surface area contributed by atoms with Gasteiger partial charge in [0.15, 0.2) is 11.5 Å². The number of anilines is 1. The fourth-order valence-electron chi connectivity index (χ4n) is 2.87. The summed E-state index contributed by atoms with van der Waals surface area (Å²) in [6.07, 6.45) is 2.49. The molecule has 0 atom stereocenters. The van der Waals surface area contributed by atoms with E-state index in [1.807, 2.05) is 19.9 Å². The Labute approximate surface area is 185 Å². The first kappa shape index (κ1) is 22.4. The molecule has 162 valence electrons.